The minimum atomic E-state index is -0.145. The highest BCUT2D eigenvalue weighted by Gasteiger charge is 2.21. The molecule has 0 atom stereocenters. The second-order valence-corrected chi connectivity index (χ2v) is 4.55. The van der Waals surface area contributed by atoms with Crippen LogP contribution in [0.25, 0.3) is 0 Å². The third-order valence-corrected chi connectivity index (χ3v) is 2.90. The molecular weight excluding hydrogens is 244 g/mol. The van der Waals surface area contributed by atoms with Gasteiger partial charge in [0, 0.05) is 12.6 Å². The molecule has 0 saturated heterocycles. The van der Waals surface area contributed by atoms with E-state index >= 15 is 0 Å². The molecule has 1 aliphatic carbocycles. The summed E-state index contributed by atoms with van der Waals surface area (Å²) in [6.45, 7) is 0.675. The number of ether oxygens (including phenoxy) is 2. The zero-order chi connectivity index (χ0) is 13.7. The second kappa shape index (κ2) is 6.10. The zero-order valence-electron chi connectivity index (χ0n) is 10.8. The summed E-state index contributed by atoms with van der Waals surface area (Å²) in [5.41, 5.74) is 0.438. The fourth-order valence-corrected chi connectivity index (χ4v) is 1.62. The van der Waals surface area contributed by atoms with Crippen molar-refractivity contribution < 1.29 is 14.3 Å². The fraction of sp³-hybridized carbons (Fsp3) is 0.429. The van der Waals surface area contributed by atoms with E-state index in [4.69, 9.17) is 14.7 Å². The van der Waals surface area contributed by atoms with Crippen molar-refractivity contribution in [1.82, 2.24) is 5.32 Å². The molecule has 1 aliphatic rings. The Labute approximate surface area is 112 Å². The minimum absolute atomic E-state index is 0.0508. The van der Waals surface area contributed by atoms with Crippen LogP contribution in [0, 0.1) is 17.2 Å². The molecule has 0 aliphatic heterocycles. The van der Waals surface area contributed by atoms with E-state index in [2.05, 4.69) is 5.32 Å². The molecule has 19 heavy (non-hydrogen) atoms. The summed E-state index contributed by atoms with van der Waals surface area (Å²) in [7, 11) is 1.52. The number of rotatable bonds is 6. The smallest absolute Gasteiger partial charge is 0.257 e. The first-order chi connectivity index (χ1) is 9.21. The molecule has 100 valence electrons. The van der Waals surface area contributed by atoms with E-state index < -0.39 is 0 Å². The first-order valence-corrected chi connectivity index (χ1v) is 6.20. The molecule has 0 heterocycles. The third kappa shape index (κ3) is 4.18. The van der Waals surface area contributed by atoms with Crippen LogP contribution < -0.4 is 14.8 Å². The molecule has 2 rings (SSSR count). The molecule has 1 amide bonds. The molecule has 5 nitrogen and oxygen atoms in total. The first kappa shape index (κ1) is 13.2. The SMILES string of the molecule is COc1cc(C#N)cc(OCC(=O)NCC2CC2)c1. The van der Waals surface area contributed by atoms with E-state index in [1.165, 1.54) is 20.0 Å². The zero-order valence-corrected chi connectivity index (χ0v) is 10.8. The Kier molecular flexibility index (Phi) is 4.24. The quantitative estimate of drug-likeness (QED) is 0.840. The van der Waals surface area contributed by atoms with Crippen molar-refractivity contribution in [2.24, 2.45) is 5.92 Å². The number of nitrogens with zero attached hydrogens (tertiary/aromatic N) is 1. The van der Waals surface area contributed by atoms with Crippen LogP contribution in [0.4, 0.5) is 0 Å². The van der Waals surface area contributed by atoms with Gasteiger partial charge < -0.3 is 14.8 Å². The van der Waals surface area contributed by atoms with Gasteiger partial charge in [0.05, 0.1) is 18.7 Å². The van der Waals surface area contributed by atoms with Gasteiger partial charge in [-0.3, -0.25) is 4.79 Å². The van der Waals surface area contributed by atoms with Crippen LogP contribution in [0.5, 0.6) is 11.5 Å². The average Bonchev–Trinajstić information content (AvgIpc) is 3.26. The van der Waals surface area contributed by atoms with Crippen molar-refractivity contribution in [3.8, 4) is 17.6 Å². The number of benzene rings is 1. The molecule has 1 saturated carbocycles. The molecular formula is C14H16N2O3. The van der Waals surface area contributed by atoms with Crippen molar-refractivity contribution in [3.63, 3.8) is 0 Å². The van der Waals surface area contributed by atoms with Crippen LogP contribution in [0.15, 0.2) is 18.2 Å². The standard InChI is InChI=1S/C14H16N2O3/c1-18-12-4-11(7-15)5-13(6-12)19-9-14(17)16-8-10-2-3-10/h4-6,10H,2-3,8-9H2,1H3,(H,16,17). The highest BCUT2D eigenvalue weighted by Crippen LogP contribution is 2.27. The Balaban J connectivity index is 1.87. The first-order valence-electron chi connectivity index (χ1n) is 6.20. The summed E-state index contributed by atoms with van der Waals surface area (Å²) in [5, 5.41) is 11.7. The predicted molar refractivity (Wildman–Crippen MR) is 68.9 cm³/mol. The van der Waals surface area contributed by atoms with Gasteiger partial charge in [-0.15, -0.1) is 0 Å². The van der Waals surface area contributed by atoms with Gasteiger partial charge >= 0.3 is 0 Å². The highest BCUT2D eigenvalue weighted by molar-refractivity contribution is 5.77. The molecule has 1 aromatic rings. The summed E-state index contributed by atoms with van der Waals surface area (Å²) in [6.07, 6.45) is 2.39. The van der Waals surface area contributed by atoms with Gasteiger partial charge in [0.2, 0.25) is 0 Å². The van der Waals surface area contributed by atoms with Gasteiger partial charge in [0.1, 0.15) is 11.5 Å². The number of carbonyl (C=O) groups excluding carboxylic acids is 1. The van der Waals surface area contributed by atoms with E-state index in [-0.39, 0.29) is 12.5 Å². The molecule has 1 aromatic carbocycles. The molecule has 0 spiro atoms. The molecule has 1 N–H and O–H groups in total. The largest absolute Gasteiger partial charge is 0.497 e. The van der Waals surface area contributed by atoms with Gasteiger partial charge in [-0.25, -0.2) is 0 Å². The normalized spacial score (nSPS) is 13.5. The van der Waals surface area contributed by atoms with E-state index in [1.807, 2.05) is 6.07 Å². The summed E-state index contributed by atoms with van der Waals surface area (Å²) in [6, 6.07) is 6.86. The van der Waals surface area contributed by atoms with Crippen LogP contribution in [0.3, 0.4) is 0 Å². The number of carbonyl (C=O) groups is 1. The number of nitriles is 1. The lowest BCUT2D eigenvalue weighted by Crippen LogP contribution is -2.30. The third-order valence-electron chi connectivity index (χ3n) is 2.90. The lowest BCUT2D eigenvalue weighted by atomic mass is 10.2. The number of amides is 1. The summed E-state index contributed by atoms with van der Waals surface area (Å²) in [4.78, 5) is 11.5. The second-order valence-electron chi connectivity index (χ2n) is 4.55. The molecule has 1 fully saturated rings. The van der Waals surface area contributed by atoms with Crippen molar-refractivity contribution in [3.05, 3.63) is 23.8 Å². The maximum atomic E-state index is 11.5. The monoisotopic (exact) mass is 260 g/mol. The van der Waals surface area contributed by atoms with Crippen LogP contribution in [-0.2, 0) is 4.79 Å². The Morgan fingerprint density at radius 3 is 2.79 bits per heavy atom. The van der Waals surface area contributed by atoms with Crippen molar-refractivity contribution in [2.75, 3.05) is 20.3 Å². The highest BCUT2D eigenvalue weighted by atomic mass is 16.5. The van der Waals surface area contributed by atoms with Gasteiger partial charge in [-0.05, 0) is 30.9 Å². The molecule has 0 bridgehead atoms. The molecule has 5 heteroatoms. The topological polar surface area (TPSA) is 71.3 Å². The van der Waals surface area contributed by atoms with Crippen molar-refractivity contribution in [1.29, 1.82) is 5.26 Å². The molecule has 0 aromatic heterocycles. The fourth-order valence-electron chi connectivity index (χ4n) is 1.62. The average molecular weight is 260 g/mol. The Bertz CT molecular complexity index is 504. The van der Waals surface area contributed by atoms with Gasteiger partial charge in [-0.1, -0.05) is 0 Å². The maximum Gasteiger partial charge on any atom is 0.257 e. The summed E-state index contributed by atoms with van der Waals surface area (Å²) < 4.78 is 10.4. The van der Waals surface area contributed by atoms with Crippen LogP contribution in [-0.4, -0.2) is 26.2 Å². The molecule has 0 unspecified atom stereocenters. The summed E-state index contributed by atoms with van der Waals surface area (Å²) in [5.74, 6) is 1.49. The Morgan fingerprint density at radius 1 is 1.42 bits per heavy atom. The van der Waals surface area contributed by atoms with E-state index in [1.54, 1.807) is 18.2 Å². The van der Waals surface area contributed by atoms with Crippen molar-refractivity contribution in [2.45, 2.75) is 12.8 Å². The summed E-state index contributed by atoms with van der Waals surface area (Å²) >= 11 is 0. The van der Waals surface area contributed by atoms with Gasteiger partial charge in [0.25, 0.3) is 5.91 Å². The van der Waals surface area contributed by atoms with E-state index in [0.29, 0.717) is 23.0 Å². The lowest BCUT2D eigenvalue weighted by Gasteiger charge is -2.09. The van der Waals surface area contributed by atoms with Gasteiger partial charge in [0.15, 0.2) is 6.61 Å². The number of methoxy groups -OCH3 is 1. The maximum absolute atomic E-state index is 11.5. The predicted octanol–water partition coefficient (Wildman–Crippen LogP) is 1.47. The van der Waals surface area contributed by atoms with Crippen LogP contribution in [0.1, 0.15) is 18.4 Å². The Morgan fingerprint density at radius 2 is 2.16 bits per heavy atom. The minimum Gasteiger partial charge on any atom is -0.497 e. The number of hydrogen-bond donors (Lipinski definition) is 1. The number of nitrogens with one attached hydrogen (secondary N) is 1. The van der Waals surface area contributed by atoms with E-state index in [9.17, 15) is 4.79 Å². The van der Waals surface area contributed by atoms with Crippen LogP contribution >= 0.6 is 0 Å². The van der Waals surface area contributed by atoms with Gasteiger partial charge in [-0.2, -0.15) is 5.26 Å². The van der Waals surface area contributed by atoms with Crippen LogP contribution in [0.2, 0.25) is 0 Å². The van der Waals surface area contributed by atoms with Crippen molar-refractivity contribution >= 4 is 5.91 Å². The Hall–Kier alpha value is -2.22. The lowest BCUT2D eigenvalue weighted by molar-refractivity contribution is -0.123. The molecule has 0 radical (unpaired) electrons. The number of hydrogen-bond acceptors (Lipinski definition) is 4. The van der Waals surface area contributed by atoms with E-state index in [0.717, 1.165) is 6.54 Å².